The Morgan fingerprint density at radius 1 is 1.24 bits per heavy atom. The molecule has 1 heterocycles. The van der Waals surface area contributed by atoms with Crippen molar-refractivity contribution in [3.05, 3.63) is 46.4 Å². The summed E-state index contributed by atoms with van der Waals surface area (Å²) < 4.78 is 27.2. The summed E-state index contributed by atoms with van der Waals surface area (Å²) in [5.74, 6) is -1.29. The maximum Gasteiger partial charge on any atom is 0.337 e. The molecule has 0 atom stereocenters. The van der Waals surface area contributed by atoms with Crippen molar-refractivity contribution in [2.75, 3.05) is 0 Å². The first-order valence-corrected chi connectivity index (χ1v) is 7.74. The molecule has 0 bridgehead atoms. The molecular weight excluding hydrogens is 296 g/mol. The lowest BCUT2D eigenvalue weighted by molar-refractivity contribution is 0.0698. The standard InChI is InChI=1S/C13H12N2O5S/c16-12-10-4-2-1-3-9(10)11(13(17)18)7-15(12)21(19,20)14-8-5-6-8/h1-4,7-8,14H,5-6H2,(H,17,18). The molecule has 1 fully saturated rings. The smallest absolute Gasteiger partial charge is 0.337 e. The summed E-state index contributed by atoms with van der Waals surface area (Å²) >= 11 is 0. The fourth-order valence-corrected chi connectivity index (χ4v) is 3.42. The molecule has 110 valence electrons. The second-order valence-corrected chi connectivity index (χ2v) is 6.47. The highest BCUT2D eigenvalue weighted by Crippen LogP contribution is 2.21. The lowest BCUT2D eigenvalue weighted by Crippen LogP contribution is -2.38. The minimum Gasteiger partial charge on any atom is -0.478 e. The number of pyridine rings is 1. The van der Waals surface area contributed by atoms with E-state index in [-0.39, 0.29) is 22.4 Å². The van der Waals surface area contributed by atoms with Crippen molar-refractivity contribution >= 4 is 27.0 Å². The molecule has 8 heteroatoms. The van der Waals surface area contributed by atoms with Crippen LogP contribution in [0.1, 0.15) is 23.2 Å². The lowest BCUT2D eigenvalue weighted by atomic mass is 10.1. The first kappa shape index (κ1) is 13.8. The van der Waals surface area contributed by atoms with Gasteiger partial charge in [-0.05, 0) is 18.9 Å². The number of carboxylic acid groups (broad SMARTS) is 1. The molecule has 0 amide bonds. The third-order valence-electron chi connectivity index (χ3n) is 3.28. The number of fused-ring (bicyclic) bond motifs is 1. The van der Waals surface area contributed by atoms with Gasteiger partial charge < -0.3 is 5.11 Å². The van der Waals surface area contributed by atoms with Gasteiger partial charge in [-0.15, -0.1) is 0 Å². The zero-order valence-electron chi connectivity index (χ0n) is 10.8. The summed E-state index contributed by atoms with van der Waals surface area (Å²) in [6.07, 6.45) is 2.29. The van der Waals surface area contributed by atoms with Gasteiger partial charge in [0.2, 0.25) is 0 Å². The minimum absolute atomic E-state index is 0.0542. The molecule has 1 saturated carbocycles. The Balaban J connectivity index is 2.31. The van der Waals surface area contributed by atoms with Crippen molar-refractivity contribution in [2.24, 2.45) is 0 Å². The van der Waals surface area contributed by atoms with Crippen molar-refractivity contribution in [1.29, 1.82) is 0 Å². The number of nitrogens with zero attached hydrogens (tertiary/aromatic N) is 1. The van der Waals surface area contributed by atoms with Crippen LogP contribution in [0.4, 0.5) is 0 Å². The van der Waals surface area contributed by atoms with Gasteiger partial charge in [0.1, 0.15) is 0 Å². The normalized spacial score (nSPS) is 15.2. The van der Waals surface area contributed by atoms with E-state index in [1.165, 1.54) is 12.1 Å². The number of rotatable bonds is 4. The van der Waals surface area contributed by atoms with Crippen molar-refractivity contribution in [1.82, 2.24) is 8.69 Å². The molecule has 2 N–H and O–H groups in total. The highest BCUT2D eigenvalue weighted by Gasteiger charge is 2.29. The van der Waals surface area contributed by atoms with Crippen LogP contribution >= 0.6 is 0 Å². The van der Waals surface area contributed by atoms with Crippen LogP contribution in [0.3, 0.4) is 0 Å². The summed E-state index contributed by atoms with van der Waals surface area (Å²) in [7, 11) is -4.08. The van der Waals surface area contributed by atoms with Crippen LogP contribution in [0.15, 0.2) is 35.3 Å². The number of aromatic nitrogens is 1. The molecule has 0 saturated heterocycles. The van der Waals surface area contributed by atoms with Crippen LogP contribution in [0.5, 0.6) is 0 Å². The SMILES string of the molecule is O=C(O)c1cn(S(=O)(=O)NC2CC2)c(=O)c2ccccc12. The van der Waals surface area contributed by atoms with Gasteiger partial charge in [-0.2, -0.15) is 17.1 Å². The topological polar surface area (TPSA) is 105 Å². The van der Waals surface area contributed by atoms with E-state index in [4.69, 9.17) is 0 Å². The van der Waals surface area contributed by atoms with E-state index < -0.39 is 21.7 Å². The Kier molecular flexibility index (Phi) is 3.07. The van der Waals surface area contributed by atoms with Crippen molar-refractivity contribution < 1.29 is 18.3 Å². The second-order valence-electron chi connectivity index (χ2n) is 4.89. The van der Waals surface area contributed by atoms with Crippen LogP contribution in [-0.2, 0) is 10.2 Å². The summed E-state index contributed by atoms with van der Waals surface area (Å²) in [5, 5.41) is 9.50. The van der Waals surface area contributed by atoms with Gasteiger partial charge in [0.15, 0.2) is 0 Å². The Hall–Kier alpha value is -2.19. The Morgan fingerprint density at radius 2 is 1.86 bits per heavy atom. The van der Waals surface area contributed by atoms with Gasteiger partial charge in [-0.3, -0.25) is 4.79 Å². The second kappa shape index (κ2) is 4.68. The van der Waals surface area contributed by atoms with Crippen molar-refractivity contribution in [3.8, 4) is 0 Å². The van der Waals surface area contributed by atoms with Gasteiger partial charge in [-0.25, -0.2) is 4.79 Å². The van der Waals surface area contributed by atoms with Gasteiger partial charge >= 0.3 is 16.2 Å². The van der Waals surface area contributed by atoms with Crippen LogP contribution < -0.4 is 10.3 Å². The highest BCUT2D eigenvalue weighted by molar-refractivity contribution is 7.88. The van der Waals surface area contributed by atoms with E-state index in [9.17, 15) is 23.1 Å². The van der Waals surface area contributed by atoms with E-state index >= 15 is 0 Å². The average Bonchev–Trinajstić information content (AvgIpc) is 3.22. The molecule has 0 aliphatic heterocycles. The van der Waals surface area contributed by atoms with E-state index in [1.807, 2.05) is 0 Å². The molecule has 1 aliphatic rings. The predicted octanol–water partition coefficient (Wildman–Crippen LogP) is 0.545. The fraction of sp³-hybridized carbons (Fsp3) is 0.231. The van der Waals surface area contributed by atoms with Crippen LogP contribution in [0.2, 0.25) is 0 Å². The van der Waals surface area contributed by atoms with E-state index in [0.29, 0.717) is 16.8 Å². The number of hydrogen-bond donors (Lipinski definition) is 2. The molecule has 3 rings (SSSR count). The number of carbonyl (C=O) groups is 1. The molecule has 2 aromatic rings. The summed E-state index contributed by atoms with van der Waals surface area (Å²) in [4.78, 5) is 23.6. The first-order valence-electron chi connectivity index (χ1n) is 6.30. The molecule has 0 radical (unpaired) electrons. The maximum absolute atomic E-state index is 12.3. The largest absolute Gasteiger partial charge is 0.478 e. The summed E-state index contributed by atoms with van der Waals surface area (Å²) in [6, 6.07) is 5.86. The third kappa shape index (κ3) is 2.43. The van der Waals surface area contributed by atoms with E-state index in [2.05, 4.69) is 4.72 Å². The quantitative estimate of drug-likeness (QED) is 0.858. The highest BCUT2D eigenvalue weighted by atomic mass is 32.2. The number of benzene rings is 1. The first-order chi connectivity index (χ1) is 9.90. The number of carboxylic acids is 1. The van der Waals surface area contributed by atoms with Gasteiger partial charge in [-0.1, -0.05) is 18.2 Å². The van der Waals surface area contributed by atoms with Crippen molar-refractivity contribution in [3.63, 3.8) is 0 Å². The Morgan fingerprint density at radius 3 is 2.43 bits per heavy atom. The molecule has 1 aromatic heterocycles. The van der Waals surface area contributed by atoms with Gasteiger partial charge in [0.05, 0.1) is 5.56 Å². The van der Waals surface area contributed by atoms with E-state index in [1.54, 1.807) is 12.1 Å². The van der Waals surface area contributed by atoms with Gasteiger partial charge in [0.25, 0.3) is 5.56 Å². The number of hydrogen-bond acceptors (Lipinski definition) is 4. The average molecular weight is 308 g/mol. The lowest BCUT2D eigenvalue weighted by Gasteiger charge is -2.11. The predicted molar refractivity (Wildman–Crippen MR) is 75.6 cm³/mol. The monoisotopic (exact) mass is 308 g/mol. The third-order valence-corrected chi connectivity index (χ3v) is 4.70. The Bertz CT molecular complexity index is 896. The van der Waals surface area contributed by atoms with Crippen LogP contribution in [0.25, 0.3) is 10.8 Å². The van der Waals surface area contributed by atoms with Crippen LogP contribution in [-0.4, -0.2) is 29.5 Å². The maximum atomic E-state index is 12.3. The zero-order chi connectivity index (χ0) is 15.2. The minimum atomic E-state index is -4.08. The molecule has 1 aromatic carbocycles. The number of nitrogens with one attached hydrogen (secondary N) is 1. The summed E-state index contributed by atoms with van der Waals surface area (Å²) in [5.41, 5.74) is -0.991. The molecule has 0 unspecified atom stereocenters. The van der Waals surface area contributed by atoms with E-state index in [0.717, 1.165) is 6.20 Å². The zero-order valence-corrected chi connectivity index (χ0v) is 11.6. The molecule has 21 heavy (non-hydrogen) atoms. The molecular formula is C13H12N2O5S. The van der Waals surface area contributed by atoms with Crippen molar-refractivity contribution in [2.45, 2.75) is 18.9 Å². The summed E-state index contributed by atoms with van der Waals surface area (Å²) in [6.45, 7) is 0. The molecule has 7 nitrogen and oxygen atoms in total. The number of aromatic carboxylic acids is 1. The Labute approximate surface area is 120 Å². The van der Waals surface area contributed by atoms with Crippen LogP contribution in [0, 0.1) is 0 Å². The van der Waals surface area contributed by atoms with Gasteiger partial charge in [0, 0.05) is 23.0 Å². The molecule has 1 aliphatic carbocycles. The molecule has 0 spiro atoms. The fourth-order valence-electron chi connectivity index (χ4n) is 2.09.